The van der Waals surface area contributed by atoms with Crippen LogP contribution in [0, 0.1) is 6.92 Å². The Morgan fingerprint density at radius 3 is 2.46 bits per heavy atom. The zero-order valence-electron chi connectivity index (χ0n) is 16.1. The van der Waals surface area contributed by atoms with Crippen molar-refractivity contribution in [2.75, 3.05) is 14.2 Å². The number of ether oxygens (including phenoxy) is 2. The molecule has 28 heavy (non-hydrogen) atoms. The largest absolute Gasteiger partial charge is 0.493 e. The first-order chi connectivity index (χ1) is 13.7. The van der Waals surface area contributed by atoms with Crippen LogP contribution in [0.3, 0.4) is 0 Å². The van der Waals surface area contributed by atoms with Crippen LogP contribution in [0.15, 0.2) is 66.9 Å². The van der Waals surface area contributed by atoms with Crippen LogP contribution in [0.4, 0.5) is 0 Å². The molecule has 0 atom stereocenters. The highest BCUT2D eigenvalue weighted by Crippen LogP contribution is 2.38. The number of fused-ring (bicyclic) bond motifs is 5. The summed E-state index contributed by atoms with van der Waals surface area (Å²) in [6.45, 7) is 2.14. The van der Waals surface area contributed by atoms with Crippen LogP contribution < -0.4 is 9.47 Å². The predicted molar refractivity (Wildman–Crippen MR) is 113 cm³/mol. The van der Waals surface area contributed by atoms with Crippen molar-refractivity contribution in [1.29, 1.82) is 0 Å². The second-order valence-corrected chi connectivity index (χ2v) is 6.90. The fourth-order valence-electron chi connectivity index (χ4n) is 3.95. The van der Waals surface area contributed by atoms with E-state index in [-0.39, 0.29) is 0 Å². The van der Waals surface area contributed by atoms with Gasteiger partial charge in [-0.05, 0) is 48.9 Å². The zero-order chi connectivity index (χ0) is 19.3. The molecule has 0 fully saturated rings. The second kappa shape index (κ2) is 6.27. The molecule has 0 spiro atoms. The molecule has 138 valence electrons. The molecule has 4 heteroatoms. The number of para-hydroxylation sites is 1. The van der Waals surface area contributed by atoms with Crippen molar-refractivity contribution in [3.63, 3.8) is 0 Å². The van der Waals surface area contributed by atoms with Crippen LogP contribution in [-0.4, -0.2) is 23.6 Å². The van der Waals surface area contributed by atoms with E-state index >= 15 is 0 Å². The molecule has 0 N–H and O–H groups in total. The minimum atomic E-state index is 0.695. The van der Waals surface area contributed by atoms with Crippen LogP contribution >= 0.6 is 0 Å². The molecule has 3 heterocycles. The Hall–Kier alpha value is -3.53. The van der Waals surface area contributed by atoms with Gasteiger partial charge in [-0.1, -0.05) is 24.3 Å². The minimum absolute atomic E-state index is 0.695. The summed E-state index contributed by atoms with van der Waals surface area (Å²) >= 11 is 0. The van der Waals surface area contributed by atoms with Crippen LogP contribution in [0.25, 0.3) is 38.6 Å². The van der Waals surface area contributed by atoms with E-state index in [1.54, 1.807) is 14.2 Å². The first-order valence-electron chi connectivity index (χ1n) is 9.23. The van der Waals surface area contributed by atoms with Gasteiger partial charge in [0.15, 0.2) is 11.5 Å². The van der Waals surface area contributed by atoms with E-state index in [2.05, 4.69) is 53.9 Å². The van der Waals surface area contributed by atoms with Gasteiger partial charge in [0.2, 0.25) is 0 Å². The van der Waals surface area contributed by atoms with Gasteiger partial charge in [-0.15, -0.1) is 0 Å². The van der Waals surface area contributed by atoms with Gasteiger partial charge < -0.3 is 13.9 Å². The first kappa shape index (κ1) is 16.6. The maximum absolute atomic E-state index is 5.53. The quantitative estimate of drug-likeness (QED) is 0.414. The highest BCUT2D eigenvalue weighted by molar-refractivity contribution is 6.12. The lowest BCUT2D eigenvalue weighted by Crippen LogP contribution is -1.95. The lowest BCUT2D eigenvalue weighted by molar-refractivity contribution is 0.355. The highest BCUT2D eigenvalue weighted by atomic mass is 16.5. The third-order valence-electron chi connectivity index (χ3n) is 5.33. The van der Waals surface area contributed by atoms with Gasteiger partial charge in [0.1, 0.15) is 0 Å². The summed E-state index contributed by atoms with van der Waals surface area (Å²) < 4.78 is 13.2. The standard InChI is InChI=1S/C24H20N2O2/c1-15-7-6-12-26-20(15)14-18-17-8-4-5-9-19(17)25-23(24(18)26)16-10-11-21(27-2)22(13-16)28-3/h4-14H,1-3H3. The van der Waals surface area contributed by atoms with Crippen LogP contribution in [-0.2, 0) is 0 Å². The highest BCUT2D eigenvalue weighted by Gasteiger charge is 2.17. The number of aryl methyl sites for hydroxylation is 1. The van der Waals surface area contributed by atoms with Gasteiger partial charge in [-0.25, -0.2) is 4.98 Å². The second-order valence-electron chi connectivity index (χ2n) is 6.90. The summed E-state index contributed by atoms with van der Waals surface area (Å²) in [6, 6.07) is 20.7. The van der Waals surface area contributed by atoms with Crippen molar-refractivity contribution in [1.82, 2.24) is 9.38 Å². The summed E-state index contributed by atoms with van der Waals surface area (Å²) in [5.74, 6) is 1.40. The van der Waals surface area contributed by atoms with Crippen LogP contribution in [0.5, 0.6) is 11.5 Å². The fraction of sp³-hybridized carbons (Fsp3) is 0.125. The smallest absolute Gasteiger partial charge is 0.161 e. The molecule has 0 radical (unpaired) electrons. The third-order valence-corrected chi connectivity index (χ3v) is 5.33. The molecule has 2 aromatic carbocycles. The zero-order valence-corrected chi connectivity index (χ0v) is 16.1. The van der Waals surface area contributed by atoms with Crippen molar-refractivity contribution in [2.24, 2.45) is 0 Å². The van der Waals surface area contributed by atoms with E-state index in [1.807, 2.05) is 24.3 Å². The third kappa shape index (κ3) is 2.34. The molecule has 0 saturated carbocycles. The normalized spacial score (nSPS) is 11.4. The number of nitrogens with zero attached hydrogens (tertiary/aromatic N) is 2. The fourth-order valence-corrected chi connectivity index (χ4v) is 3.95. The average Bonchev–Trinajstić information content (AvgIpc) is 3.14. The van der Waals surface area contributed by atoms with E-state index in [0.29, 0.717) is 11.5 Å². The van der Waals surface area contributed by atoms with Gasteiger partial charge in [-0.2, -0.15) is 0 Å². The first-order valence-corrected chi connectivity index (χ1v) is 9.23. The van der Waals surface area contributed by atoms with Crippen LogP contribution in [0.2, 0.25) is 0 Å². The van der Waals surface area contributed by atoms with Crippen molar-refractivity contribution in [3.8, 4) is 22.8 Å². The number of hydrogen-bond acceptors (Lipinski definition) is 3. The molecule has 3 aromatic heterocycles. The Kier molecular flexibility index (Phi) is 3.72. The van der Waals surface area contributed by atoms with Crippen molar-refractivity contribution in [3.05, 3.63) is 72.4 Å². The van der Waals surface area contributed by atoms with Gasteiger partial charge in [0.05, 0.1) is 30.9 Å². The van der Waals surface area contributed by atoms with Crippen LogP contribution in [0.1, 0.15) is 5.56 Å². The number of methoxy groups -OCH3 is 2. The summed E-state index contributed by atoms with van der Waals surface area (Å²) in [5, 5.41) is 2.36. The molecule has 4 nitrogen and oxygen atoms in total. The van der Waals surface area contributed by atoms with Gasteiger partial charge >= 0.3 is 0 Å². The Bertz CT molecular complexity index is 1350. The number of aromatic nitrogens is 2. The Labute approximate surface area is 163 Å². The molecule has 0 bridgehead atoms. The molecule has 5 aromatic rings. The molecule has 0 aliphatic rings. The summed E-state index contributed by atoms with van der Waals surface area (Å²) in [4.78, 5) is 5.04. The van der Waals surface area contributed by atoms with E-state index in [0.717, 1.165) is 27.7 Å². The monoisotopic (exact) mass is 368 g/mol. The van der Waals surface area contributed by atoms with E-state index < -0.39 is 0 Å². The molecule has 0 unspecified atom stereocenters. The van der Waals surface area contributed by atoms with E-state index in [1.165, 1.54) is 16.5 Å². The summed E-state index contributed by atoms with van der Waals surface area (Å²) in [5.41, 5.74) is 6.44. The molecule has 0 aliphatic carbocycles. The SMILES string of the molecule is COc1ccc(-c2nc3ccccc3c3cc4c(C)cccn4c23)cc1OC. The lowest BCUT2D eigenvalue weighted by atomic mass is 10.0. The molecule has 0 saturated heterocycles. The van der Waals surface area contributed by atoms with Gasteiger partial charge in [0, 0.05) is 28.0 Å². The Balaban J connectivity index is 1.95. The number of rotatable bonds is 3. The topological polar surface area (TPSA) is 35.8 Å². The molecular formula is C24H20N2O2. The molecular weight excluding hydrogens is 348 g/mol. The van der Waals surface area contributed by atoms with E-state index in [4.69, 9.17) is 14.5 Å². The lowest BCUT2D eigenvalue weighted by Gasteiger charge is -2.12. The summed E-state index contributed by atoms with van der Waals surface area (Å²) in [7, 11) is 3.30. The number of pyridine rings is 2. The number of hydrogen-bond donors (Lipinski definition) is 0. The maximum Gasteiger partial charge on any atom is 0.161 e. The Morgan fingerprint density at radius 1 is 0.821 bits per heavy atom. The predicted octanol–water partition coefficient (Wildman–Crippen LogP) is 5.63. The molecule has 5 rings (SSSR count). The van der Waals surface area contributed by atoms with Crippen molar-refractivity contribution >= 4 is 27.3 Å². The van der Waals surface area contributed by atoms with Crippen molar-refractivity contribution in [2.45, 2.75) is 6.92 Å². The van der Waals surface area contributed by atoms with Crippen molar-refractivity contribution < 1.29 is 9.47 Å². The molecule has 0 amide bonds. The van der Waals surface area contributed by atoms with E-state index in [9.17, 15) is 0 Å². The van der Waals surface area contributed by atoms with Gasteiger partial charge in [0.25, 0.3) is 0 Å². The summed E-state index contributed by atoms with van der Waals surface area (Å²) in [6.07, 6.45) is 2.10. The minimum Gasteiger partial charge on any atom is -0.493 e. The molecule has 0 aliphatic heterocycles. The average molecular weight is 368 g/mol. The van der Waals surface area contributed by atoms with Gasteiger partial charge in [-0.3, -0.25) is 0 Å². The number of benzene rings is 2. The Morgan fingerprint density at radius 2 is 1.64 bits per heavy atom. The maximum atomic E-state index is 5.53.